The molecule has 0 aromatic rings. The Morgan fingerprint density at radius 1 is 1.30 bits per heavy atom. The molecule has 4 saturated carbocycles. The van der Waals surface area contributed by atoms with Crippen molar-refractivity contribution in [3.05, 3.63) is 23.7 Å². The summed E-state index contributed by atoms with van der Waals surface area (Å²) in [6.07, 6.45) is 8.18. The van der Waals surface area contributed by atoms with Gasteiger partial charge in [0.15, 0.2) is 5.71 Å². The van der Waals surface area contributed by atoms with Gasteiger partial charge in [0.05, 0.1) is 12.0 Å². The maximum absolute atomic E-state index is 12.9. The van der Waals surface area contributed by atoms with Crippen molar-refractivity contribution in [2.75, 3.05) is 0 Å². The molecule has 4 fully saturated rings. The third-order valence-corrected chi connectivity index (χ3v) is 6.15. The Morgan fingerprint density at radius 2 is 2.00 bits per heavy atom. The van der Waals surface area contributed by atoms with E-state index in [9.17, 15) is 15.1 Å². The van der Waals surface area contributed by atoms with Gasteiger partial charge in [0.2, 0.25) is 0 Å². The number of carbonyl (C=O) groups is 1. The Balaban J connectivity index is 1.67. The van der Waals surface area contributed by atoms with Crippen LogP contribution in [0.15, 0.2) is 17.4 Å². The normalized spacial score (nSPS) is 44.6. The average Bonchev–Trinajstić information content (AvgIpc) is 2.93. The molecular weight excluding hydrogens is 294 g/mol. The van der Waals surface area contributed by atoms with Gasteiger partial charge in [-0.15, -0.1) is 0 Å². The summed E-state index contributed by atoms with van der Waals surface area (Å²) >= 11 is 0. The molecule has 4 bridgehead atoms. The first-order valence-electron chi connectivity index (χ1n) is 8.29. The zero-order chi connectivity index (χ0) is 16.2. The highest BCUT2D eigenvalue weighted by Gasteiger charge is 2.61. The van der Waals surface area contributed by atoms with Gasteiger partial charge >= 0.3 is 6.17 Å². The fourth-order valence-electron chi connectivity index (χ4n) is 5.82. The summed E-state index contributed by atoms with van der Waals surface area (Å²) in [7, 11) is 0. The summed E-state index contributed by atoms with van der Waals surface area (Å²) in [5, 5.41) is 23.9. The predicted molar refractivity (Wildman–Crippen MR) is 82.3 cm³/mol. The summed E-state index contributed by atoms with van der Waals surface area (Å²) in [6, 6.07) is 0. The van der Waals surface area contributed by atoms with Gasteiger partial charge in [0.25, 0.3) is 5.91 Å². The van der Waals surface area contributed by atoms with Crippen LogP contribution in [-0.4, -0.2) is 38.6 Å². The quantitative estimate of drug-likeness (QED) is 0.355. The average molecular weight is 315 g/mol. The molecule has 1 aliphatic heterocycles. The zero-order valence-electron chi connectivity index (χ0n) is 13.0. The van der Waals surface area contributed by atoms with Crippen LogP contribution in [0.5, 0.6) is 0 Å². The summed E-state index contributed by atoms with van der Waals surface area (Å²) in [4.78, 5) is 17.8. The minimum absolute atomic E-state index is 0.144. The maximum atomic E-state index is 12.9. The number of nitrogens with zero attached hydrogens (tertiary/aromatic N) is 3. The maximum Gasteiger partial charge on any atom is 0.308 e. The van der Waals surface area contributed by atoms with E-state index in [1.54, 1.807) is 12.3 Å². The van der Waals surface area contributed by atoms with E-state index in [1.807, 2.05) is 0 Å². The Bertz CT molecular complexity index is 634. The lowest BCUT2D eigenvalue weighted by Gasteiger charge is -2.59. The van der Waals surface area contributed by atoms with E-state index < -0.39 is 17.2 Å². The zero-order valence-corrected chi connectivity index (χ0v) is 13.0. The first-order chi connectivity index (χ1) is 11.0. The molecule has 122 valence electrons. The fraction of sp³-hybridized carbons (Fsp3) is 0.706. The first-order valence-corrected chi connectivity index (χ1v) is 8.29. The van der Waals surface area contributed by atoms with Crippen molar-refractivity contribution in [3.8, 4) is 0 Å². The predicted octanol–water partition coefficient (Wildman–Crippen LogP) is 2.14. The molecule has 1 amide bonds. The van der Waals surface area contributed by atoms with E-state index >= 15 is 0 Å². The van der Waals surface area contributed by atoms with Crippen molar-refractivity contribution >= 4 is 11.6 Å². The molecule has 0 aromatic carbocycles. The van der Waals surface area contributed by atoms with Crippen molar-refractivity contribution in [1.82, 2.24) is 4.90 Å². The summed E-state index contributed by atoms with van der Waals surface area (Å²) in [5.74, 6) is 0.418. The second-order valence-corrected chi connectivity index (χ2v) is 7.86. The van der Waals surface area contributed by atoms with Crippen molar-refractivity contribution in [1.29, 1.82) is 0 Å². The van der Waals surface area contributed by atoms with Crippen molar-refractivity contribution < 1.29 is 15.1 Å². The Kier molecular flexibility index (Phi) is 3.08. The third-order valence-electron chi connectivity index (χ3n) is 6.15. The minimum Gasteiger partial charge on any atom is -0.410 e. The van der Waals surface area contributed by atoms with Crippen LogP contribution in [-0.2, 0) is 4.79 Å². The van der Waals surface area contributed by atoms with Gasteiger partial charge in [-0.3, -0.25) is 9.64 Å². The molecule has 1 heterocycles. The van der Waals surface area contributed by atoms with Crippen LogP contribution in [0.25, 0.3) is 4.85 Å². The molecular formula is C17H21N3O3. The molecule has 5 rings (SSSR count). The SMILES string of the molecule is [C-]#[N+]C1CC=CN1C(=O)/C(=N/O)C12CC3CC(CC(O)(C3)C1)C2. The number of hydrogen-bond acceptors (Lipinski definition) is 4. The van der Waals surface area contributed by atoms with E-state index in [0.29, 0.717) is 24.7 Å². The van der Waals surface area contributed by atoms with Gasteiger partial charge in [-0.05, 0) is 50.4 Å². The topological polar surface area (TPSA) is 77.5 Å². The highest BCUT2D eigenvalue weighted by atomic mass is 16.4. The molecule has 0 saturated heterocycles. The largest absolute Gasteiger partial charge is 0.410 e. The van der Waals surface area contributed by atoms with Gasteiger partial charge < -0.3 is 10.3 Å². The third kappa shape index (κ3) is 2.10. The van der Waals surface area contributed by atoms with E-state index in [-0.39, 0.29) is 11.6 Å². The second-order valence-electron chi connectivity index (χ2n) is 7.86. The van der Waals surface area contributed by atoms with Gasteiger partial charge in [-0.25, -0.2) is 11.5 Å². The highest BCUT2D eigenvalue weighted by Crippen LogP contribution is 2.62. The molecule has 0 spiro atoms. The molecule has 3 atom stereocenters. The standard InChI is InChI=1S/C17H21N3O3/c1-18-13-3-2-4-20(13)15(21)14(19-23)16-6-11-5-12(7-16)9-17(22,8-11)10-16/h2,4,11-13,22-23H,3,5-10H2/b19-14-. The summed E-state index contributed by atoms with van der Waals surface area (Å²) in [5.41, 5.74) is -1.11. The first kappa shape index (κ1) is 14.7. The smallest absolute Gasteiger partial charge is 0.308 e. The molecule has 0 aromatic heterocycles. The van der Waals surface area contributed by atoms with Crippen LogP contribution < -0.4 is 0 Å². The molecule has 23 heavy (non-hydrogen) atoms. The lowest BCUT2D eigenvalue weighted by Crippen LogP contribution is -2.60. The van der Waals surface area contributed by atoms with Crippen molar-refractivity contribution in [2.24, 2.45) is 22.4 Å². The van der Waals surface area contributed by atoms with Crippen molar-refractivity contribution in [3.63, 3.8) is 0 Å². The monoisotopic (exact) mass is 315 g/mol. The van der Waals surface area contributed by atoms with Crippen LogP contribution in [0, 0.1) is 23.8 Å². The van der Waals surface area contributed by atoms with Crippen LogP contribution in [0.4, 0.5) is 0 Å². The lowest BCUT2D eigenvalue weighted by atomic mass is 9.46. The number of hydrogen-bond donors (Lipinski definition) is 2. The Hall–Kier alpha value is -1.87. The number of carbonyl (C=O) groups excluding carboxylic acids is 1. The molecule has 5 aliphatic rings. The Morgan fingerprint density at radius 3 is 2.57 bits per heavy atom. The number of oxime groups is 1. The lowest BCUT2D eigenvalue weighted by molar-refractivity contribution is -0.145. The van der Waals surface area contributed by atoms with Gasteiger partial charge in [-0.1, -0.05) is 11.2 Å². The second kappa shape index (κ2) is 4.81. The summed E-state index contributed by atoms with van der Waals surface area (Å²) < 4.78 is 0. The molecule has 6 heteroatoms. The molecule has 6 nitrogen and oxygen atoms in total. The van der Waals surface area contributed by atoms with Crippen LogP contribution in [0.2, 0.25) is 0 Å². The number of rotatable bonds is 2. The fourth-order valence-corrected chi connectivity index (χ4v) is 5.82. The van der Waals surface area contributed by atoms with Crippen LogP contribution >= 0.6 is 0 Å². The van der Waals surface area contributed by atoms with E-state index in [2.05, 4.69) is 10.0 Å². The van der Waals surface area contributed by atoms with Crippen LogP contribution in [0.1, 0.15) is 44.9 Å². The molecule has 3 unspecified atom stereocenters. The van der Waals surface area contributed by atoms with E-state index in [1.165, 1.54) is 4.90 Å². The Labute approximate surface area is 135 Å². The highest BCUT2D eigenvalue weighted by molar-refractivity contribution is 6.41. The van der Waals surface area contributed by atoms with Crippen molar-refractivity contribution in [2.45, 2.75) is 56.7 Å². The van der Waals surface area contributed by atoms with E-state index in [4.69, 9.17) is 6.57 Å². The van der Waals surface area contributed by atoms with Crippen LogP contribution in [0.3, 0.4) is 0 Å². The number of aliphatic hydroxyl groups is 1. The molecule has 2 N–H and O–H groups in total. The van der Waals surface area contributed by atoms with Gasteiger partial charge in [-0.2, -0.15) is 0 Å². The van der Waals surface area contributed by atoms with Gasteiger partial charge in [0, 0.05) is 11.6 Å². The van der Waals surface area contributed by atoms with Gasteiger partial charge in [0.1, 0.15) is 0 Å². The van der Waals surface area contributed by atoms with E-state index in [0.717, 1.165) is 32.1 Å². The summed E-state index contributed by atoms with van der Waals surface area (Å²) in [6.45, 7) is 7.22. The molecule has 4 aliphatic carbocycles. The molecule has 0 radical (unpaired) electrons. The minimum atomic E-state index is -0.722. The number of amides is 1.